The van der Waals surface area contributed by atoms with Crippen LogP contribution in [0.1, 0.15) is 28.7 Å². The smallest absolute Gasteiger partial charge is 0.257 e. The summed E-state index contributed by atoms with van der Waals surface area (Å²) in [5.41, 5.74) is 1.37. The molecule has 3 aromatic rings. The van der Waals surface area contributed by atoms with Crippen molar-refractivity contribution in [3.63, 3.8) is 0 Å². The van der Waals surface area contributed by atoms with Crippen LogP contribution in [0.3, 0.4) is 0 Å². The molecule has 1 unspecified atom stereocenters. The monoisotopic (exact) mass is 327 g/mol. The molecule has 0 aliphatic carbocycles. The molecule has 1 atom stereocenters. The van der Waals surface area contributed by atoms with Gasteiger partial charge in [-0.15, -0.1) is 0 Å². The maximum atomic E-state index is 12.5. The molecule has 8 nitrogen and oxygen atoms in total. The van der Waals surface area contributed by atoms with Crippen molar-refractivity contribution in [2.45, 2.75) is 26.4 Å². The van der Waals surface area contributed by atoms with Gasteiger partial charge in [0.1, 0.15) is 17.4 Å². The second kappa shape index (κ2) is 6.53. The number of furan rings is 1. The molecule has 8 heteroatoms. The Morgan fingerprint density at radius 3 is 2.96 bits per heavy atom. The predicted molar refractivity (Wildman–Crippen MR) is 85.2 cm³/mol. The first-order chi connectivity index (χ1) is 11.6. The summed E-state index contributed by atoms with van der Waals surface area (Å²) in [6, 6.07) is 4.53. The highest BCUT2D eigenvalue weighted by molar-refractivity contribution is 6.02. The van der Waals surface area contributed by atoms with Gasteiger partial charge in [0, 0.05) is 12.4 Å². The molecule has 0 bridgehead atoms. The zero-order valence-electron chi connectivity index (χ0n) is 13.3. The van der Waals surface area contributed by atoms with Crippen LogP contribution < -0.4 is 10.6 Å². The van der Waals surface area contributed by atoms with E-state index in [1.165, 1.54) is 10.8 Å². The van der Waals surface area contributed by atoms with Gasteiger partial charge in [-0.1, -0.05) is 0 Å². The molecule has 3 heterocycles. The van der Waals surface area contributed by atoms with Crippen LogP contribution in [-0.2, 0) is 11.3 Å². The highest BCUT2D eigenvalue weighted by atomic mass is 16.3. The van der Waals surface area contributed by atoms with Gasteiger partial charge >= 0.3 is 0 Å². The Morgan fingerprint density at radius 1 is 1.38 bits per heavy atom. The maximum Gasteiger partial charge on any atom is 0.257 e. The number of rotatable bonds is 5. The Morgan fingerprint density at radius 2 is 2.21 bits per heavy atom. The van der Waals surface area contributed by atoms with E-state index in [-0.39, 0.29) is 18.4 Å². The summed E-state index contributed by atoms with van der Waals surface area (Å²) < 4.78 is 6.68. The van der Waals surface area contributed by atoms with Gasteiger partial charge in [-0.05, 0) is 32.0 Å². The van der Waals surface area contributed by atoms with Crippen molar-refractivity contribution in [3.05, 3.63) is 53.9 Å². The van der Waals surface area contributed by atoms with E-state index in [2.05, 4.69) is 20.7 Å². The van der Waals surface area contributed by atoms with Crippen LogP contribution in [0.5, 0.6) is 0 Å². The summed E-state index contributed by atoms with van der Waals surface area (Å²) >= 11 is 0. The number of hydrogen-bond donors (Lipinski definition) is 2. The minimum absolute atomic E-state index is 0.267. The molecule has 3 rings (SSSR count). The third-order valence-corrected chi connectivity index (χ3v) is 3.56. The second-order valence-corrected chi connectivity index (χ2v) is 5.34. The first-order valence-corrected chi connectivity index (χ1v) is 7.47. The number of fused-ring (bicyclic) bond motifs is 1. The van der Waals surface area contributed by atoms with Crippen LogP contribution in [0.25, 0.3) is 5.65 Å². The number of amides is 2. The predicted octanol–water partition coefficient (Wildman–Crippen LogP) is 1.07. The standard InChI is InChI=1S/C16H17N5O3/c1-10-13(14-17-6-4-7-21(14)20-10)16(23)19-11(2)15(22)18-9-12-5-3-8-24-12/h3-8,11H,9H2,1-2H3,(H,18,22)(H,19,23). The second-order valence-electron chi connectivity index (χ2n) is 5.34. The maximum absolute atomic E-state index is 12.5. The van der Waals surface area contributed by atoms with Crippen molar-refractivity contribution in [2.75, 3.05) is 0 Å². The van der Waals surface area contributed by atoms with Gasteiger partial charge in [0.15, 0.2) is 5.65 Å². The third-order valence-electron chi connectivity index (χ3n) is 3.56. The fourth-order valence-corrected chi connectivity index (χ4v) is 2.34. The Balaban J connectivity index is 1.67. The molecule has 0 saturated heterocycles. The van der Waals surface area contributed by atoms with E-state index in [1.54, 1.807) is 44.4 Å². The van der Waals surface area contributed by atoms with Crippen LogP contribution >= 0.6 is 0 Å². The summed E-state index contributed by atoms with van der Waals surface area (Å²) in [7, 11) is 0. The average molecular weight is 327 g/mol. The third kappa shape index (κ3) is 3.12. The first kappa shape index (κ1) is 15.7. The van der Waals surface area contributed by atoms with Crippen molar-refractivity contribution in [3.8, 4) is 0 Å². The number of carbonyl (C=O) groups is 2. The Labute approximate surface area is 137 Å². The molecule has 0 fully saturated rings. The SMILES string of the molecule is Cc1nn2cccnc2c1C(=O)NC(C)C(=O)NCc1ccco1. The van der Waals surface area contributed by atoms with Gasteiger partial charge in [-0.2, -0.15) is 5.10 Å². The van der Waals surface area contributed by atoms with Gasteiger partial charge in [-0.25, -0.2) is 9.50 Å². The molecule has 2 amide bonds. The summed E-state index contributed by atoms with van der Waals surface area (Å²) in [5.74, 6) is -0.0479. The quantitative estimate of drug-likeness (QED) is 0.730. The molecule has 24 heavy (non-hydrogen) atoms. The minimum atomic E-state index is -0.703. The molecule has 2 N–H and O–H groups in total. The van der Waals surface area contributed by atoms with Crippen molar-refractivity contribution in [1.29, 1.82) is 0 Å². The van der Waals surface area contributed by atoms with Crippen LogP contribution in [0, 0.1) is 6.92 Å². The van der Waals surface area contributed by atoms with Crippen LogP contribution in [-0.4, -0.2) is 32.5 Å². The largest absolute Gasteiger partial charge is 0.467 e. The topological polar surface area (TPSA) is 102 Å². The van der Waals surface area contributed by atoms with Crippen molar-refractivity contribution in [2.24, 2.45) is 0 Å². The lowest BCUT2D eigenvalue weighted by Crippen LogP contribution is -2.44. The zero-order chi connectivity index (χ0) is 17.1. The molecule has 0 saturated carbocycles. The number of aryl methyl sites for hydroxylation is 1. The normalized spacial score (nSPS) is 12.1. The van der Waals surface area contributed by atoms with E-state index in [9.17, 15) is 9.59 Å². The molecule has 0 aliphatic rings. The highest BCUT2D eigenvalue weighted by Gasteiger charge is 2.22. The average Bonchev–Trinajstić information content (AvgIpc) is 3.18. The fourth-order valence-electron chi connectivity index (χ4n) is 2.34. The van der Waals surface area contributed by atoms with E-state index < -0.39 is 6.04 Å². The summed E-state index contributed by atoms with van der Waals surface area (Å²) in [6.07, 6.45) is 4.84. The zero-order valence-corrected chi connectivity index (χ0v) is 13.3. The van der Waals surface area contributed by atoms with E-state index >= 15 is 0 Å². The molecule has 0 aliphatic heterocycles. The molecule has 0 aromatic carbocycles. The fraction of sp³-hybridized carbons (Fsp3) is 0.250. The number of nitrogens with one attached hydrogen (secondary N) is 2. The summed E-state index contributed by atoms with van der Waals surface area (Å²) in [5, 5.41) is 9.61. The van der Waals surface area contributed by atoms with Crippen molar-refractivity contribution in [1.82, 2.24) is 25.2 Å². The van der Waals surface area contributed by atoms with Gasteiger partial charge in [-0.3, -0.25) is 9.59 Å². The van der Waals surface area contributed by atoms with Crippen LogP contribution in [0.15, 0.2) is 41.3 Å². The van der Waals surface area contributed by atoms with E-state index in [0.717, 1.165) is 0 Å². The van der Waals surface area contributed by atoms with Gasteiger partial charge in [0.25, 0.3) is 5.91 Å². The van der Waals surface area contributed by atoms with Crippen LogP contribution in [0.2, 0.25) is 0 Å². The molecule has 124 valence electrons. The lowest BCUT2D eigenvalue weighted by atomic mass is 10.2. The van der Waals surface area contributed by atoms with Gasteiger partial charge < -0.3 is 15.1 Å². The van der Waals surface area contributed by atoms with E-state index in [4.69, 9.17) is 4.42 Å². The Hall–Kier alpha value is -3.16. The summed E-state index contributed by atoms with van der Waals surface area (Å²) in [4.78, 5) is 28.7. The van der Waals surface area contributed by atoms with E-state index in [0.29, 0.717) is 22.7 Å². The molecule has 3 aromatic heterocycles. The lowest BCUT2D eigenvalue weighted by molar-refractivity contribution is -0.122. The van der Waals surface area contributed by atoms with Crippen LogP contribution in [0.4, 0.5) is 0 Å². The summed E-state index contributed by atoms with van der Waals surface area (Å²) in [6.45, 7) is 3.61. The first-order valence-electron chi connectivity index (χ1n) is 7.47. The molecule has 0 spiro atoms. The van der Waals surface area contributed by atoms with Crippen molar-refractivity contribution < 1.29 is 14.0 Å². The number of nitrogens with zero attached hydrogens (tertiary/aromatic N) is 3. The minimum Gasteiger partial charge on any atom is -0.467 e. The van der Waals surface area contributed by atoms with Crippen molar-refractivity contribution >= 4 is 17.5 Å². The molecule has 0 radical (unpaired) electrons. The van der Waals surface area contributed by atoms with Gasteiger partial charge in [0.05, 0.1) is 18.5 Å². The Kier molecular flexibility index (Phi) is 4.28. The lowest BCUT2D eigenvalue weighted by Gasteiger charge is -2.13. The van der Waals surface area contributed by atoms with E-state index in [1.807, 2.05) is 0 Å². The molecular formula is C16H17N5O3. The highest BCUT2D eigenvalue weighted by Crippen LogP contribution is 2.12. The van der Waals surface area contributed by atoms with Gasteiger partial charge in [0.2, 0.25) is 5.91 Å². The molecular weight excluding hydrogens is 310 g/mol. The number of hydrogen-bond acceptors (Lipinski definition) is 5. The Bertz CT molecular complexity index is 869. The number of carbonyl (C=O) groups excluding carboxylic acids is 2. The number of aromatic nitrogens is 3.